The molecule has 22 heavy (non-hydrogen) atoms. The summed E-state index contributed by atoms with van der Waals surface area (Å²) in [6, 6.07) is 13.4. The molecular weight excluding hydrogens is 282 g/mol. The number of amides is 2. The fourth-order valence-corrected chi connectivity index (χ4v) is 2.09. The Bertz CT molecular complexity index is 809. The lowest BCUT2D eigenvalue weighted by molar-refractivity contribution is -0.118. The number of nitriles is 1. The average molecular weight is 293 g/mol. The molecule has 0 bridgehead atoms. The minimum atomic E-state index is -0.322. The van der Waals surface area contributed by atoms with Crippen molar-refractivity contribution >= 4 is 23.2 Å². The third kappa shape index (κ3) is 2.74. The van der Waals surface area contributed by atoms with E-state index in [1.54, 1.807) is 36.4 Å². The molecule has 6 nitrogen and oxygen atoms in total. The van der Waals surface area contributed by atoms with Crippen molar-refractivity contribution in [2.24, 2.45) is 0 Å². The van der Waals surface area contributed by atoms with E-state index < -0.39 is 0 Å². The van der Waals surface area contributed by atoms with Crippen LogP contribution in [0, 0.1) is 11.3 Å². The Balaban J connectivity index is 1.80. The standard InChI is InChI=1S/C16H11N3O3/c17-8-10-2-1-3-11(6-10)16(21)18-12-4-5-13-14(7-12)22-9-15(20)19-13/h1-7H,9H2,(H,18,21)(H,19,20). The van der Waals surface area contributed by atoms with E-state index in [2.05, 4.69) is 10.6 Å². The molecule has 1 aliphatic rings. The average Bonchev–Trinajstić information content (AvgIpc) is 2.55. The minimum Gasteiger partial charge on any atom is -0.482 e. The van der Waals surface area contributed by atoms with E-state index in [4.69, 9.17) is 10.00 Å². The molecule has 1 aliphatic heterocycles. The van der Waals surface area contributed by atoms with Crippen molar-refractivity contribution in [2.75, 3.05) is 17.2 Å². The van der Waals surface area contributed by atoms with Gasteiger partial charge in [0.25, 0.3) is 11.8 Å². The first-order valence-electron chi connectivity index (χ1n) is 6.54. The van der Waals surface area contributed by atoms with Crippen LogP contribution in [0.25, 0.3) is 0 Å². The van der Waals surface area contributed by atoms with Gasteiger partial charge in [-0.15, -0.1) is 0 Å². The van der Waals surface area contributed by atoms with Crippen molar-refractivity contribution < 1.29 is 14.3 Å². The molecule has 0 aromatic heterocycles. The van der Waals surface area contributed by atoms with Gasteiger partial charge in [0, 0.05) is 17.3 Å². The molecule has 0 saturated carbocycles. The van der Waals surface area contributed by atoms with Crippen LogP contribution in [0.3, 0.4) is 0 Å². The maximum Gasteiger partial charge on any atom is 0.262 e. The normalized spacial score (nSPS) is 12.4. The van der Waals surface area contributed by atoms with Crippen molar-refractivity contribution in [3.63, 3.8) is 0 Å². The number of hydrogen-bond acceptors (Lipinski definition) is 4. The van der Waals surface area contributed by atoms with Crippen LogP contribution in [0.15, 0.2) is 42.5 Å². The van der Waals surface area contributed by atoms with E-state index in [1.807, 2.05) is 6.07 Å². The van der Waals surface area contributed by atoms with E-state index >= 15 is 0 Å². The second kappa shape index (κ2) is 5.58. The molecule has 0 radical (unpaired) electrons. The zero-order valence-electron chi connectivity index (χ0n) is 11.4. The highest BCUT2D eigenvalue weighted by Gasteiger charge is 2.16. The van der Waals surface area contributed by atoms with E-state index in [1.165, 1.54) is 6.07 Å². The highest BCUT2D eigenvalue weighted by molar-refractivity contribution is 6.05. The number of carbonyl (C=O) groups excluding carboxylic acids is 2. The van der Waals surface area contributed by atoms with Crippen molar-refractivity contribution in [2.45, 2.75) is 0 Å². The van der Waals surface area contributed by atoms with Gasteiger partial charge in [0.05, 0.1) is 17.3 Å². The van der Waals surface area contributed by atoms with Crippen LogP contribution in [0.2, 0.25) is 0 Å². The predicted octanol–water partition coefficient (Wildman–Crippen LogP) is 2.14. The zero-order chi connectivity index (χ0) is 15.5. The zero-order valence-corrected chi connectivity index (χ0v) is 11.4. The molecule has 2 amide bonds. The highest BCUT2D eigenvalue weighted by Crippen LogP contribution is 2.30. The number of rotatable bonds is 2. The van der Waals surface area contributed by atoms with Gasteiger partial charge in [0.15, 0.2) is 6.61 Å². The Morgan fingerprint density at radius 3 is 2.95 bits per heavy atom. The van der Waals surface area contributed by atoms with Gasteiger partial charge in [-0.1, -0.05) is 6.07 Å². The Hall–Kier alpha value is -3.33. The monoisotopic (exact) mass is 293 g/mol. The topological polar surface area (TPSA) is 91.2 Å². The lowest BCUT2D eigenvalue weighted by Gasteiger charge is -2.18. The van der Waals surface area contributed by atoms with Crippen LogP contribution >= 0.6 is 0 Å². The highest BCUT2D eigenvalue weighted by atomic mass is 16.5. The summed E-state index contributed by atoms with van der Waals surface area (Å²) in [5.74, 6) is -0.0299. The quantitative estimate of drug-likeness (QED) is 0.887. The largest absolute Gasteiger partial charge is 0.482 e. The van der Waals surface area contributed by atoms with Crippen molar-refractivity contribution in [3.05, 3.63) is 53.6 Å². The predicted molar refractivity (Wildman–Crippen MR) is 79.7 cm³/mol. The second-order valence-corrected chi connectivity index (χ2v) is 4.69. The lowest BCUT2D eigenvalue weighted by Crippen LogP contribution is -2.25. The van der Waals surface area contributed by atoms with Crippen LogP contribution < -0.4 is 15.4 Å². The third-order valence-electron chi connectivity index (χ3n) is 3.13. The van der Waals surface area contributed by atoms with Gasteiger partial charge in [0.1, 0.15) is 5.75 Å². The fourth-order valence-electron chi connectivity index (χ4n) is 2.09. The SMILES string of the molecule is N#Cc1cccc(C(=O)Nc2ccc3c(c2)OCC(=O)N3)c1. The fraction of sp³-hybridized carbons (Fsp3) is 0.0625. The molecule has 2 aromatic rings. The van der Waals surface area contributed by atoms with Gasteiger partial charge in [-0.05, 0) is 30.3 Å². The van der Waals surface area contributed by atoms with Crippen LogP contribution in [-0.2, 0) is 4.79 Å². The summed E-state index contributed by atoms with van der Waals surface area (Å²) >= 11 is 0. The van der Waals surface area contributed by atoms with Gasteiger partial charge in [-0.2, -0.15) is 5.26 Å². The Morgan fingerprint density at radius 2 is 2.14 bits per heavy atom. The second-order valence-electron chi connectivity index (χ2n) is 4.69. The summed E-state index contributed by atoms with van der Waals surface area (Å²) in [6.07, 6.45) is 0. The third-order valence-corrected chi connectivity index (χ3v) is 3.13. The van der Waals surface area contributed by atoms with E-state index in [9.17, 15) is 9.59 Å². The Morgan fingerprint density at radius 1 is 1.27 bits per heavy atom. The molecular formula is C16H11N3O3. The molecule has 0 spiro atoms. The smallest absolute Gasteiger partial charge is 0.262 e. The Labute approximate surface area is 126 Å². The number of benzene rings is 2. The number of nitrogens with one attached hydrogen (secondary N) is 2. The van der Waals surface area contributed by atoms with Crippen molar-refractivity contribution in [1.82, 2.24) is 0 Å². The van der Waals surface area contributed by atoms with Gasteiger partial charge >= 0.3 is 0 Å². The maximum atomic E-state index is 12.2. The molecule has 0 saturated heterocycles. The summed E-state index contributed by atoms with van der Waals surface area (Å²) in [5, 5.41) is 14.3. The molecule has 6 heteroatoms. The summed E-state index contributed by atoms with van der Waals surface area (Å²) in [4.78, 5) is 23.4. The van der Waals surface area contributed by atoms with Crippen LogP contribution in [0.1, 0.15) is 15.9 Å². The molecule has 0 atom stereocenters. The van der Waals surface area contributed by atoms with Crippen molar-refractivity contribution in [1.29, 1.82) is 5.26 Å². The number of nitrogens with zero attached hydrogens (tertiary/aromatic N) is 1. The summed E-state index contributed by atoms with van der Waals surface area (Å²) in [7, 11) is 0. The summed E-state index contributed by atoms with van der Waals surface area (Å²) in [5.41, 5.74) is 1.93. The number of hydrogen-bond donors (Lipinski definition) is 2. The first-order valence-corrected chi connectivity index (χ1v) is 6.54. The van der Waals surface area contributed by atoms with Crippen molar-refractivity contribution in [3.8, 4) is 11.8 Å². The van der Waals surface area contributed by atoms with Crippen LogP contribution in [0.4, 0.5) is 11.4 Å². The number of fused-ring (bicyclic) bond motifs is 1. The molecule has 108 valence electrons. The minimum absolute atomic E-state index is 0.0470. The molecule has 0 unspecified atom stereocenters. The molecule has 2 N–H and O–H groups in total. The number of carbonyl (C=O) groups is 2. The van der Waals surface area contributed by atoms with Gasteiger partial charge in [-0.3, -0.25) is 9.59 Å². The van der Waals surface area contributed by atoms with Gasteiger partial charge < -0.3 is 15.4 Å². The van der Waals surface area contributed by atoms with Gasteiger partial charge in [0.2, 0.25) is 0 Å². The number of anilines is 2. The van der Waals surface area contributed by atoms with Crippen LogP contribution in [-0.4, -0.2) is 18.4 Å². The lowest BCUT2D eigenvalue weighted by atomic mass is 10.1. The maximum absolute atomic E-state index is 12.2. The Kier molecular flexibility index (Phi) is 3.46. The van der Waals surface area contributed by atoms with Crippen LogP contribution in [0.5, 0.6) is 5.75 Å². The molecule has 0 aliphatic carbocycles. The first-order chi connectivity index (χ1) is 10.7. The summed E-state index contributed by atoms with van der Waals surface area (Å²) < 4.78 is 5.29. The molecule has 1 heterocycles. The molecule has 3 rings (SSSR count). The van der Waals surface area contributed by atoms with E-state index in [0.29, 0.717) is 28.3 Å². The van der Waals surface area contributed by atoms with E-state index in [-0.39, 0.29) is 18.4 Å². The first kappa shape index (κ1) is 13.6. The number of ether oxygens (including phenoxy) is 1. The molecule has 0 fully saturated rings. The molecule has 2 aromatic carbocycles. The van der Waals surface area contributed by atoms with E-state index in [0.717, 1.165) is 0 Å². The summed E-state index contributed by atoms with van der Waals surface area (Å²) in [6.45, 7) is -0.0470. The van der Waals surface area contributed by atoms with Gasteiger partial charge in [-0.25, -0.2) is 0 Å².